The van der Waals surface area contributed by atoms with E-state index < -0.39 is 0 Å². The van der Waals surface area contributed by atoms with Crippen molar-refractivity contribution >= 4 is 44.7 Å². The molecule has 3 nitrogen and oxygen atoms in total. The molecule has 0 aliphatic heterocycles. The standard InChI is InChI=1S/C17H16ClN3S/c1-9-5-3-6-10(2)14(9)19-15-13-11-7-4-8-12(11)22-16(13)21-17(18)20-15/h3,5-6H,4,7-8H2,1-2H3,(H,19,20,21). The molecule has 0 spiro atoms. The number of hydrogen-bond acceptors (Lipinski definition) is 4. The molecule has 5 heteroatoms. The lowest BCUT2D eigenvalue weighted by molar-refractivity contribution is 0.917. The van der Waals surface area contributed by atoms with E-state index in [2.05, 4.69) is 47.3 Å². The van der Waals surface area contributed by atoms with Crippen LogP contribution in [0.5, 0.6) is 0 Å². The fraction of sp³-hybridized carbons (Fsp3) is 0.294. The Labute approximate surface area is 138 Å². The summed E-state index contributed by atoms with van der Waals surface area (Å²) < 4.78 is 0. The van der Waals surface area contributed by atoms with Crippen molar-refractivity contribution in [3.8, 4) is 0 Å². The van der Waals surface area contributed by atoms with Gasteiger partial charge in [0.25, 0.3) is 0 Å². The van der Waals surface area contributed by atoms with Gasteiger partial charge in [-0.05, 0) is 61.4 Å². The van der Waals surface area contributed by atoms with Gasteiger partial charge in [-0.25, -0.2) is 4.98 Å². The summed E-state index contributed by atoms with van der Waals surface area (Å²) in [7, 11) is 0. The topological polar surface area (TPSA) is 37.8 Å². The first-order chi connectivity index (χ1) is 10.6. The monoisotopic (exact) mass is 329 g/mol. The summed E-state index contributed by atoms with van der Waals surface area (Å²) >= 11 is 7.90. The second-order valence-electron chi connectivity index (χ2n) is 5.77. The second kappa shape index (κ2) is 5.21. The van der Waals surface area contributed by atoms with Crippen LogP contribution < -0.4 is 5.32 Å². The molecule has 0 saturated heterocycles. The molecule has 1 aromatic carbocycles. The first kappa shape index (κ1) is 14.0. The molecule has 0 amide bonds. The van der Waals surface area contributed by atoms with Crippen molar-refractivity contribution in [2.75, 3.05) is 5.32 Å². The van der Waals surface area contributed by atoms with Crippen LogP contribution in [0.2, 0.25) is 5.28 Å². The van der Waals surface area contributed by atoms with E-state index in [0.717, 1.165) is 34.6 Å². The molecular formula is C17H16ClN3S. The van der Waals surface area contributed by atoms with Crippen molar-refractivity contribution in [3.05, 3.63) is 45.1 Å². The predicted molar refractivity (Wildman–Crippen MR) is 93.6 cm³/mol. The van der Waals surface area contributed by atoms with Crippen LogP contribution in [0.15, 0.2) is 18.2 Å². The maximum Gasteiger partial charge on any atom is 0.225 e. The van der Waals surface area contributed by atoms with E-state index in [1.54, 1.807) is 11.3 Å². The molecule has 0 atom stereocenters. The number of anilines is 2. The number of hydrogen-bond donors (Lipinski definition) is 1. The third-order valence-corrected chi connectivity index (χ3v) is 5.62. The molecule has 0 saturated carbocycles. The van der Waals surface area contributed by atoms with E-state index in [0.29, 0.717) is 5.28 Å². The molecule has 1 aliphatic carbocycles. The van der Waals surface area contributed by atoms with Crippen LogP contribution >= 0.6 is 22.9 Å². The van der Waals surface area contributed by atoms with Crippen LogP contribution in [0.1, 0.15) is 28.0 Å². The van der Waals surface area contributed by atoms with E-state index in [1.165, 1.54) is 28.0 Å². The summed E-state index contributed by atoms with van der Waals surface area (Å²) in [5, 5.41) is 4.97. The minimum atomic E-state index is 0.307. The van der Waals surface area contributed by atoms with Crippen LogP contribution in [-0.2, 0) is 12.8 Å². The van der Waals surface area contributed by atoms with Gasteiger partial charge in [-0.15, -0.1) is 11.3 Å². The minimum Gasteiger partial charge on any atom is -0.339 e. The molecule has 0 fully saturated rings. The van der Waals surface area contributed by atoms with Crippen molar-refractivity contribution in [2.45, 2.75) is 33.1 Å². The van der Waals surface area contributed by atoms with Gasteiger partial charge in [-0.2, -0.15) is 4.98 Å². The Bertz CT molecular complexity index is 865. The molecule has 22 heavy (non-hydrogen) atoms. The van der Waals surface area contributed by atoms with E-state index in [1.807, 2.05) is 0 Å². The van der Waals surface area contributed by atoms with Crippen LogP contribution in [0.4, 0.5) is 11.5 Å². The summed E-state index contributed by atoms with van der Waals surface area (Å²) in [6.45, 7) is 4.21. The number of thiophene rings is 1. The minimum absolute atomic E-state index is 0.307. The van der Waals surface area contributed by atoms with E-state index in [-0.39, 0.29) is 0 Å². The van der Waals surface area contributed by atoms with Gasteiger partial charge in [0.05, 0.1) is 5.39 Å². The molecule has 0 unspecified atom stereocenters. The highest BCUT2D eigenvalue weighted by Gasteiger charge is 2.22. The Balaban J connectivity index is 1.91. The van der Waals surface area contributed by atoms with Gasteiger partial charge < -0.3 is 5.32 Å². The van der Waals surface area contributed by atoms with Crippen molar-refractivity contribution in [1.29, 1.82) is 0 Å². The third-order valence-electron chi connectivity index (χ3n) is 4.26. The molecule has 0 radical (unpaired) electrons. The maximum absolute atomic E-state index is 6.14. The Morgan fingerprint density at radius 2 is 1.91 bits per heavy atom. The second-order valence-corrected chi connectivity index (χ2v) is 7.19. The lowest BCUT2D eigenvalue weighted by Gasteiger charge is -2.13. The Morgan fingerprint density at radius 1 is 1.14 bits per heavy atom. The molecule has 4 rings (SSSR count). The largest absolute Gasteiger partial charge is 0.339 e. The summed E-state index contributed by atoms with van der Waals surface area (Å²) in [4.78, 5) is 11.3. The summed E-state index contributed by atoms with van der Waals surface area (Å²) in [6.07, 6.45) is 3.49. The zero-order valence-electron chi connectivity index (χ0n) is 12.5. The van der Waals surface area contributed by atoms with Gasteiger partial charge in [0, 0.05) is 10.6 Å². The summed E-state index contributed by atoms with van der Waals surface area (Å²) in [5.41, 5.74) is 4.92. The van der Waals surface area contributed by atoms with Gasteiger partial charge >= 0.3 is 0 Å². The summed E-state index contributed by atoms with van der Waals surface area (Å²) in [6, 6.07) is 6.28. The van der Waals surface area contributed by atoms with E-state index in [4.69, 9.17) is 11.6 Å². The van der Waals surface area contributed by atoms with Gasteiger partial charge in [-0.3, -0.25) is 0 Å². The molecular weight excluding hydrogens is 314 g/mol. The number of rotatable bonds is 2. The zero-order chi connectivity index (χ0) is 15.3. The van der Waals surface area contributed by atoms with Crippen LogP contribution in [0.25, 0.3) is 10.2 Å². The third kappa shape index (κ3) is 2.18. The number of para-hydroxylation sites is 1. The predicted octanol–water partition coefficient (Wildman–Crippen LogP) is 5.19. The number of halogens is 1. The molecule has 2 heterocycles. The van der Waals surface area contributed by atoms with E-state index >= 15 is 0 Å². The van der Waals surface area contributed by atoms with Crippen molar-refractivity contribution < 1.29 is 0 Å². The molecule has 1 N–H and O–H groups in total. The maximum atomic E-state index is 6.14. The highest BCUT2D eigenvalue weighted by atomic mass is 35.5. The van der Waals surface area contributed by atoms with Crippen molar-refractivity contribution in [2.24, 2.45) is 0 Å². The van der Waals surface area contributed by atoms with Gasteiger partial charge in [0.1, 0.15) is 10.6 Å². The van der Waals surface area contributed by atoms with Crippen LogP contribution in [-0.4, -0.2) is 9.97 Å². The van der Waals surface area contributed by atoms with Crippen molar-refractivity contribution in [3.63, 3.8) is 0 Å². The zero-order valence-corrected chi connectivity index (χ0v) is 14.1. The molecule has 3 aromatic rings. The molecule has 1 aliphatic rings. The van der Waals surface area contributed by atoms with E-state index in [9.17, 15) is 0 Å². The average Bonchev–Trinajstić information content (AvgIpc) is 3.02. The fourth-order valence-corrected chi connectivity index (χ4v) is 4.67. The van der Waals surface area contributed by atoms with Crippen molar-refractivity contribution in [1.82, 2.24) is 9.97 Å². The quantitative estimate of drug-likeness (QED) is 0.657. The number of benzene rings is 1. The average molecular weight is 330 g/mol. The molecule has 2 aromatic heterocycles. The number of fused-ring (bicyclic) bond motifs is 3. The lowest BCUT2D eigenvalue weighted by atomic mass is 10.1. The molecule has 112 valence electrons. The van der Waals surface area contributed by atoms with Crippen LogP contribution in [0.3, 0.4) is 0 Å². The SMILES string of the molecule is Cc1cccc(C)c1Nc1nc(Cl)nc2sc3c(c12)CCC3. The van der Waals surface area contributed by atoms with Gasteiger partial charge in [0.2, 0.25) is 5.28 Å². The highest BCUT2D eigenvalue weighted by molar-refractivity contribution is 7.19. The van der Waals surface area contributed by atoms with Crippen LogP contribution in [0, 0.1) is 13.8 Å². The number of nitrogens with zero attached hydrogens (tertiary/aromatic N) is 2. The van der Waals surface area contributed by atoms with Gasteiger partial charge in [-0.1, -0.05) is 18.2 Å². The highest BCUT2D eigenvalue weighted by Crippen LogP contribution is 2.41. The van der Waals surface area contributed by atoms with Gasteiger partial charge in [0.15, 0.2) is 0 Å². The number of aryl methyl sites for hydroxylation is 4. The molecule has 0 bridgehead atoms. The fourth-order valence-electron chi connectivity index (χ4n) is 3.19. The first-order valence-corrected chi connectivity index (χ1v) is 8.64. The number of nitrogens with one attached hydrogen (secondary N) is 1. The smallest absolute Gasteiger partial charge is 0.225 e. The Hall–Kier alpha value is -1.65. The Morgan fingerprint density at radius 3 is 2.68 bits per heavy atom. The normalized spacial score (nSPS) is 13.6. The lowest BCUT2D eigenvalue weighted by Crippen LogP contribution is -2.00. The first-order valence-electron chi connectivity index (χ1n) is 7.44. The summed E-state index contributed by atoms with van der Waals surface area (Å²) in [5.74, 6) is 0.840. The Kier molecular flexibility index (Phi) is 3.31. The number of aromatic nitrogens is 2.